The smallest absolute Gasteiger partial charge is 0.306 e. The van der Waals surface area contributed by atoms with Crippen LogP contribution in [-0.4, -0.2) is 37.9 Å². The number of esters is 2. The summed E-state index contributed by atoms with van der Waals surface area (Å²) in [6.07, 6.45) is 54.6. The van der Waals surface area contributed by atoms with E-state index in [-0.39, 0.29) is 18.5 Å². The van der Waals surface area contributed by atoms with Crippen molar-refractivity contribution in [3.8, 4) is 0 Å². The topological polar surface area (TPSA) is 61.8 Å². The fourth-order valence-electron chi connectivity index (χ4n) is 7.25. The molecule has 0 aliphatic rings. The van der Waals surface area contributed by atoms with E-state index in [0.717, 1.165) is 51.4 Å². The predicted molar refractivity (Wildman–Crippen MR) is 242 cm³/mol. The van der Waals surface area contributed by atoms with Crippen molar-refractivity contribution in [2.75, 3.05) is 19.8 Å². The second-order valence-corrected chi connectivity index (χ2v) is 16.7. The molecule has 0 bridgehead atoms. The first kappa shape index (κ1) is 54.4. The molecule has 5 nitrogen and oxygen atoms in total. The Kier molecular flexibility index (Phi) is 46.4. The second kappa shape index (κ2) is 47.8. The lowest BCUT2D eigenvalue weighted by atomic mass is 10.0. The van der Waals surface area contributed by atoms with E-state index in [9.17, 15) is 9.59 Å². The quantitative estimate of drug-likeness (QED) is 0.0349. The van der Waals surface area contributed by atoms with Gasteiger partial charge < -0.3 is 14.2 Å². The largest absolute Gasteiger partial charge is 0.462 e. The van der Waals surface area contributed by atoms with Crippen LogP contribution in [0.4, 0.5) is 0 Å². The molecule has 1 atom stereocenters. The first-order valence-electron chi connectivity index (χ1n) is 24.9. The van der Waals surface area contributed by atoms with Gasteiger partial charge in [0.15, 0.2) is 6.10 Å². The third kappa shape index (κ3) is 45.1. The summed E-state index contributed by atoms with van der Waals surface area (Å²) >= 11 is 0. The van der Waals surface area contributed by atoms with Crippen molar-refractivity contribution in [3.05, 3.63) is 24.3 Å². The second-order valence-electron chi connectivity index (χ2n) is 16.7. The summed E-state index contributed by atoms with van der Waals surface area (Å²) < 4.78 is 17.4. The molecule has 0 radical (unpaired) electrons. The number of carbonyl (C=O) groups is 2. The van der Waals surface area contributed by atoms with E-state index in [0.29, 0.717) is 26.1 Å². The van der Waals surface area contributed by atoms with Gasteiger partial charge in [-0.2, -0.15) is 0 Å². The number of hydrogen-bond acceptors (Lipinski definition) is 5. The van der Waals surface area contributed by atoms with E-state index in [1.807, 2.05) is 0 Å². The van der Waals surface area contributed by atoms with Gasteiger partial charge >= 0.3 is 11.9 Å². The predicted octanol–water partition coefficient (Wildman–Crippen LogP) is 16.5. The molecule has 0 spiro atoms. The minimum Gasteiger partial charge on any atom is -0.462 e. The maximum atomic E-state index is 12.8. The maximum absolute atomic E-state index is 12.8. The lowest BCUT2D eigenvalue weighted by molar-refractivity contribution is -0.163. The zero-order valence-electron chi connectivity index (χ0n) is 37.9. The van der Waals surface area contributed by atoms with Crippen LogP contribution in [-0.2, 0) is 23.8 Å². The number of unbranched alkanes of at least 4 members (excludes halogenated alkanes) is 31. The molecule has 0 aliphatic carbocycles. The first-order valence-corrected chi connectivity index (χ1v) is 24.9. The van der Waals surface area contributed by atoms with Gasteiger partial charge in [-0.05, 0) is 51.4 Å². The number of allylic oxidation sites excluding steroid dienone is 4. The summed E-state index contributed by atoms with van der Waals surface area (Å²) in [6, 6.07) is 0. The maximum Gasteiger partial charge on any atom is 0.306 e. The van der Waals surface area contributed by atoms with Crippen molar-refractivity contribution in [2.45, 2.75) is 271 Å². The molecular formula is C51H96O5. The van der Waals surface area contributed by atoms with Gasteiger partial charge in [0, 0.05) is 19.4 Å². The van der Waals surface area contributed by atoms with Crippen LogP contribution in [0.15, 0.2) is 24.3 Å². The third-order valence-corrected chi connectivity index (χ3v) is 11.0. The fraction of sp³-hybridized carbons (Fsp3) is 0.882. The highest BCUT2D eigenvalue weighted by Crippen LogP contribution is 2.15. The van der Waals surface area contributed by atoms with Gasteiger partial charge in [-0.3, -0.25) is 9.59 Å². The van der Waals surface area contributed by atoms with Crippen LogP contribution in [0.5, 0.6) is 0 Å². The van der Waals surface area contributed by atoms with E-state index in [1.54, 1.807) is 0 Å². The van der Waals surface area contributed by atoms with E-state index in [2.05, 4.69) is 45.1 Å². The highest BCUT2D eigenvalue weighted by atomic mass is 16.6. The summed E-state index contributed by atoms with van der Waals surface area (Å²) in [5.41, 5.74) is 0. The summed E-state index contributed by atoms with van der Waals surface area (Å²) in [5, 5.41) is 0. The van der Waals surface area contributed by atoms with Crippen molar-refractivity contribution >= 4 is 11.9 Å². The Morgan fingerprint density at radius 3 is 1.21 bits per heavy atom. The molecule has 0 saturated carbocycles. The van der Waals surface area contributed by atoms with Crippen molar-refractivity contribution in [1.82, 2.24) is 0 Å². The average Bonchev–Trinajstić information content (AvgIpc) is 3.20. The van der Waals surface area contributed by atoms with Gasteiger partial charge in [-0.25, -0.2) is 0 Å². The highest BCUT2D eigenvalue weighted by Gasteiger charge is 2.17. The average molecular weight is 789 g/mol. The third-order valence-electron chi connectivity index (χ3n) is 11.0. The summed E-state index contributed by atoms with van der Waals surface area (Å²) in [6.45, 7) is 7.83. The molecule has 330 valence electrons. The molecule has 0 aromatic carbocycles. The van der Waals surface area contributed by atoms with Crippen molar-refractivity contribution in [3.63, 3.8) is 0 Å². The lowest BCUT2D eigenvalue weighted by Crippen LogP contribution is -2.30. The Hall–Kier alpha value is -1.62. The number of rotatable bonds is 46. The SMILES string of the molecule is CCCCC/C=C\C/C=C\CCCCCCCC(=O)OCC(COCCCCCCCCCCCCCC)OC(=O)CCCCCCCCCCCCCCC. The van der Waals surface area contributed by atoms with Gasteiger partial charge in [-0.1, -0.05) is 225 Å². The molecule has 0 N–H and O–H groups in total. The van der Waals surface area contributed by atoms with Crippen molar-refractivity contribution in [2.24, 2.45) is 0 Å². The normalized spacial score (nSPS) is 12.3. The minimum atomic E-state index is -0.532. The fourth-order valence-corrected chi connectivity index (χ4v) is 7.25. The van der Waals surface area contributed by atoms with Gasteiger partial charge in [0.05, 0.1) is 6.61 Å². The molecule has 56 heavy (non-hydrogen) atoms. The van der Waals surface area contributed by atoms with Gasteiger partial charge in [-0.15, -0.1) is 0 Å². The Labute approximate surface area is 349 Å². The molecule has 0 heterocycles. The molecular weight excluding hydrogens is 693 g/mol. The summed E-state index contributed by atoms with van der Waals surface area (Å²) in [7, 11) is 0. The van der Waals surface area contributed by atoms with Crippen LogP contribution in [0, 0.1) is 0 Å². The van der Waals surface area contributed by atoms with E-state index in [1.165, 1.54) is 180 Å². The molecule has 0 rings (SSSR count). The Morgan fingerprint density at radius 1 is 0.393 bits per heavy atom. The number of carbonyl (C=O) groups excluding carboxylic acids is 2. The van der Waals surface area contributed by atoms with Crippen LogP contribution in [0.2, 0.25) is 0 Å². The Balaban J connectivity index is 4.24. The molecule has 5 heteroatoms. The summed E-state index contributed by atoms with van der Waals surface area (Å²) in [5.74, 6) is -0.397. The molecule has 0 fully saturated rings. The van der Waals surface area contributed by atoms with Crippen LogP contribution >= 0.6 is 0 Å². The van der Waals surface area contributed by atoms with Crippen LogP contribution < -0.4 is 0 Å². The van der Waals surface area contributed by atoms with Gasteiger partial charge in [0.25, 0.3) is 0 Å². The highest BCUT2D eigenvalue weighted by molar-refractivity contribution is 5.70. The zero-order valence-corrected chi connectivity index (χ0v) is 37.9. The molecule has 0 aliphatic heterocycles. The standard InChI is InChI=1S/C51H96O5/c1-4-7-10-13-16-19-22-25-26-28-29-32-35-38-41-44-50(52)55-48-49(47-54-46-43-40-37-34-31-24-21-18-15-12-9-6-3)56-51(53)45-42-39-36-33-30-27-23-20-17-14-11-8-5-2/h16,19,25-26,49H,4-15,17-18,20-24,27-48H2,1-3H3/b19-16-,26-25-. The van der Waals surface area contributed by atoms with E-state index < -0.39 is 6.10 Å². The first-order chi connectivity index (χ1) is 27.6. The van der Waals surface area contributed by atoms with Crippen LogP contribution in [0.1, 0.15) is 265 Å². The van der Waals surface area contributed by atoms with E-state index >= 15 is 0 Å². The lowest BCUT2D eigenvalue weighted by Gasteiger charge is -2.18. The van der Waals surface area contributed by atoms with Crippen molar-refractivity contribution in [1.29, 1.82) is 0 Å². The number of ether oxygens (including phenoxy) is 3. The van der Waals surface area contributed by atoms with Crippen LogP contribution in [0.3, 0.4) is 0 Å². The molecule has 0 amide bonds. The van der Waals surface area contributed by atoms with Crippen LogP contribution in [0.25, 0.3) is 0 Å². The van der Waals surface area contributed by atoms with Gasteiger partial charge in [0.2, 0.25) is 0 Å². The molecule has 0 aromatic heterocycles. The Bertz CT molecular complexity index is 851. The number of hydrogen-bond donors (Lipinski definition) is 0. The molecule has 0 saturated heterocycles. The van der Waals surface area contributed by atoms with E-state index in [4.69, 9.17) is 14.2 Å². The summed E-state index contributed by atoms with van der Waals surface area (Å²) in [4.78, 5) is 25.3. The Morgan fingerprint density at radius 2 is 0.750 bits per heavy atom. The minimum absolute atomic E-state index is 0.0852. The zero-order chi connectivity index (χ0) is 40.7. The van der Waals surface area contributed by atoms with Gasteiger partial charge in [0.1, 0.15) is 6.61 Å². The molecule has 1 unspecified atom stereocenters. The van der Waals surface area contributed by atoms with Crippen molar-refractivity contribution < 1.29 is 23.8 Å². The molecule has 0 aromatic rings. The monoisotopic (exact) mass is 789 g/mol.